The Morgan fingerprint density at radius 2 is 1.89 bits per heavy atom. The van der Waals surface area contributed by atoms with Gasteiger partial charge in [0.2, 0.25) is 5.91 Å². The Labute approximate surface area is 169 Å². The van der Waals surface area contributed by atoms with Gasteiger partial charge < -0.3 is 15.4 Å². The number of anilines is 1. The summed E-state index contributed by atoms with van der Waals surface area (Å²) in [5, 5.41) is 5.19. The summed E-state index contributed by atoms with van der Waals surface area (Å²) in [7, 11) is 0. The number of hydrogen-bond acceptors (Lipinski definition) is 5. The highest BCUT2D eigenvalue weighted by atomic mass is 79.9. The molecule has 0 aromatic heterocycles. The highest BCUT2D eigenvalue weighted by molar-refractivity contribution is 9.10. The second kappa shape index (κ2) is 8.79. The molecule has 8 heteroatoms. The van der Waals surface area contributed by atoms with Gasteiger partial charge in [0.25, 0.3) is 5.91 Å². The molecule has 7 nitrogen and oxygen atoms in total. The van der Waals surface area contributed by atoms with Gasteiger partial charge in [0.1, 0.15) is 6.54 Å². The predicted octanol–water partition coefficient (Wildman–Crippen LogP) is 2.49. The van der Waals surface area contributed by atoms with Crippen molar-refractivity contribution in [1.82, 2.24) is 5.32 Å². The molecular formula is C20H17BrN2O5. The molecule has 0 atom stereocenters. The molecule has 2 aromatic rings. The zero-order valence-electron chi connectivity index (χ0n) is 14.8. The summed E-state index contributed by atoms with van der Waals surface area (Å²) in [6, 6.07) is 11.7. The lowest BCUT2D eigenvalue weighted by molar-refractivity contribution is -0.141. The zero-order valence-corrected chi connectivity index (χ0v) is 16.4. The van der Waals surface area contributed by atoms with Crippen LogP contribution in [0.25, 0.3) is 0 Å². The number of Topliss-reactive ketones (excluding diaryl/α,β-unsaturated/α-hetero) is 1. The molecule has 0 saturated heterocycles. The summed E-state index contributed by atoms with van der Waals surface area (Å²) in [5.74, 6) is -1.53. The fourth-order valence-corrected chi connectivity index (χ4v) is 3.12. The minimum atomic E-state index is -0.707. The van der Waals surface area contributed by atoms with E-state index in [1.807, 2.05) is 0 Å². The van der Waals surface area contributed by atoms with Crippen LogP contribution in [-0.4, -0.2) is 36.7 Å². The molecule has 0 fully saturated rings. The molecule has 1 aliphatic heterocycles. The first-order valence-corrected chi connectivity index (χ1v) is 9.37. The van der Waals surface area contributed by atoms with Crippen molar-refractivity contribution in [3.8, 4) is 0 Å². The number of benzene rings is 2. The van der Waals surface area contributed by atoms with E-state index >= 15 is 0 Å². The van der Waals surface area contributed by atoms with Crippen LogP contribution in [0, 0.1) is 0 Å². The number of aryl methyl sites for hydroxylation is 1. The van der Waals surface area contributed by atoms with Gasteiger partial charge in [-0.1, -0.05) is 22.0 Å². The monoisotopic (exact) mass is 444 g/mol. The van der Waals surface area contributed by atoms with Gasteiger partial charge in [0.15, 0.2) is 12.4 Å². The molecule has 0 spiro atoms. The van der Waals surface area contributed by atoms with E-state index in [2.05, 4.69) is 26.6 Å². The van der Waals surface area contributed by atoms with Gasteiger partial charge in [0, 0.05) is 27.7 Å². The second-order valence-electron chi connectivity index (χ2n) is 6.20. The van der Waals surface area contributed by atoms with Gasteiger partial charge in [-0.25, -0.2) is 0 Å². The lowest BCUT2D eigenvalue weighted by atomic mass is 9.99. The third-order valence-electron chi connectivity index (χ3n) is 4.17. The topological polar surface area (TPSA) is 102 Å². The van der Waals surface area contributed by atoms with Crippen LogP contribution in [0.3, 0.4) is 0 Å². The normalized spacial score (nSPS) is 12.5. The number of hydrogen-bond donors (Lipinski definition) is 2. The van der Waals surface area contributed by atoms with Gasteiger partial charge in [-0.05, 0) is 48.4 Å². The summed E-state index contributed by atoms with van der Waals surface area (Å²) in [4.78, 5) is 47.4. The molecule has 2 amide bonds. The number of halogens is 1. The van der Waals surface area contributed by atoms with E-state index in [4.69, 9.17) is 4.74 Å². The van der Waals surface area contributed by atoms with Crippen molar-refractivity contribution in [3.05, 3.63) is 63.6 Å². The van der Waals surface area contributed by atoms with Crippen molar-refractivity contribution in [2.75, 3.05) is 18.5 Å². The highest BCUT2D eigenvalue weighted by Crippen LogP contribution is 2.23. The van der Waals surface area contributed by atoms with E-state index in [0.717, 1.165) is 10.0 Å². The van der Waals surface area contributed by atoms with Crippen LogP contribution in [-0.2, 0) is 20.7 Å². The Morgan fingerprint density at radius 3 is 2.68 bits per heavy atom. The maximum Gasteiger partial charge on any atom is 0.325 e. The smallest absolute Gasteiger partial charge is 0.325 e. The molecule has 0 bridgehead atoms. The molecule has 2 aromatic carbocycles. The van der Waals surface area contributed by atoms with Crippen molar-refractivity contribution < 1.29 is 23.9 Å². The molecule has 0 unspecified atom stereocenters. The minimum Gasteiger partial charge on any atom is -0.456 e. The summed E-state index contributed by atoms with van der Waals surface area (Å²) >= 11 is 3.27. The van der Waals surface area contributed by atoms with Crippen molar-refractivity contribution in [2.45, 2.75) is 12.8 Å². The molecule has 0 radical (unpaired) electrons. The van der Waals surface area contributed by atoms with Crippen LogP contribution in [0.1, 0.15) is 32.7 Å². The lowest BCUT2D eigenvalue weighted by Gasteiger charge is -2.17. The molecule has 0 saturated carbocycles. The first-order valence-electron chi connectivity index (χ1n) is 8.58. The van der Waals surface area contributed by atoms with Crippen LogP contribution in [0.15, 0.2) is 46.9 Å². The van der Waals surface area contributed by atoms with Gasteiger partial charge in [0.05, 0.1) is 0 Å². The van der Waals surface area contributed by atoms with Gasteiger partial charge >= 0.3 is 5.97 Å². The lowest BCUT2D eigenvalue weighted by Crippen LogP contribution is -2.31. The number of ketones is 1. The van der Waals surface area contributed by atoms with Crippen molar-refractivity contribution in [3.63, 3.8) is 0 Å². The fourth-order valence-electron chi connectivity index (χ4n) is 2.72. The van der Waals surface area contributed by atoms with Gasteiger partial charge in [-0.15, -0.1) is 0 Å². The molecule has 0 aliphatic carbocycles. The Morgan fingerprint density at radius 1 is 1.07 bits per heavy atom. The van der Waals surface area contributed by atoms with Crippen molar-refractivity contribution in [1.29, 1.82) is 0 Å². The fraction of sp³-hybridized carbons (Fsp3) is 0.200. The molecular weight excluding hydrogens is 428 g/mol. The zero-order chi connectivity index (χ0) is 20.1. The summed E-state index contributed by atoms with van der Waals surface area (Å²) < 4.78 is 5.70. The number of carbonyl (C=O) groups is 4. The largest absolute Gasteiger partial charge is 0.456 e. The standard InChI is InChI=1S/C20H17BrN2O5/c21-15-3-1-2-14(9-15)20(27)22-10-19(26)28-11-17(24)13-4-6-16-12(8-13)5-7-18(25)23-16/h1-4,6,8-9H,5,7,10-11H2,(H,22,27)(H,23,25). The molecule has 1 heterocycles. The number of fused-ring (bicyclic) bond motifs is 1. The van der Waals surface area contributed by atoms with E-state index in [1.54, 1.807) is 42.5 Å². The summed E-state index contributed by atoms with van der Waals surface area (Å²) in [6.45, 7) is -0.758. The number of amides is 2. The molecule has 3 rings (SSSR count). The van der Waals surface area contributed by atoms with Crippen molar-refractivity contribution >= 4 is 45.2 Å². The van der Waals surface area contributed by atoms with Gasteiger partial charge in [-0.2, -0.15) is 0 Å². The van der Waals surface area contributed by atoms with Crippen LogP contribution in [0.4, 0.5) is 5.69 Å². The number of nitrogens with one attached hydrogen (secondary N) is 2. The third kappa shape index (κ3) is 5.04. The van der Waals surface area contributed by atoms with Crippen LogP contribution in [0.2, 0.25) is 0 Å². The average Bonchev–Trinajstić information content (AvgIpc) is 2.69. The third-order valence-corrected chi connectivity index (χ3v) is 4.66. The first kappa shape index (κ1) is 19.8. The Kier molecular flexibility index (Phi) is 6.20. The van der Waals surface area contributed by atoms with E-state index in [9.17, 15) is 19.2 Å². The first-order chi connectivity index (χ1) is 13.4. The predicted molar refractivity (Wildman–Crippen MR) is 105 cm³/mol. The Bertz CT molecular complexity index is 957. The molecule has 2 N–H and O–H groups in total. The van der Waals surface area contributed by atoms with Crippen LogP contribution >= 0.6 is 15.9 Å². The average molecular weight is 445 g/mol. The van der Waals surface area contributed by atoms with E-state index < -0.39 is 18.5 Å². The second-order valence-corrected chi connectivity index (χ2v) is 7.11. The summed E-state index contributed by atoms with van der Waals surface area (Å²) in [5.41, 5.74) is 2.37. The van der Waals surface area contributed by atoms with E-state index in [-0.39, 0.29) is 18.2 Å². The highest BCUT2D eigenvalue weighted by Gasteiger charge is 2.17. The summed E-state index contributed by atoms with van der Waals surface area (Å²) in [6.07, 6.45) is 0.932. The van der Waals surface area contributed by atoms with E-state index in [0.29, 0.717) is 29.7 Å². The maximum atomic E-state index is 12.2. The number of carbonyl (C=O) groups excluding carboxylic acids is 4. The van der Waals surface area contributed by atoms with Crippen molar-refractivity contribution in [2.24, 2.45) is 0 Å². The number of rotatable bonds is 6. The number of esters is 1. The van der Waals surface area contributed by atoms with Gasteiger partial charge in [-0.3, -0.25) is 19.2 Å². The van der Waals surface area contributed by atoms with Crippen LogP contribution in [0.5, 0.6) is 0 Å². The van der Waals surface area contributed by atoms with E-state index in [1.165, 1.54) is 0 Å². The minimum absolute atomic E-state index is 0.0505. The Hall–Kier alpha value is -3.00. The molecule has 28 heavy (non-hydrogen) atoms. The SMILES string of the molecule is O=C1CCc2cc(C(=O)COC(=O)CNC(=O)c3cccc(Br)c3)ccc2N1. The molecule has 144 valence electrons. The maximum absolute atomic E-state index is 12.2. The molecule has 1 aliphatic rings. The quantitative estimate of drug-likeness (QED) is 0.526. The van der Waals surface area contributed by atoms with Crippen LogP contribution < -0.4 is 10.6 Å². The Balaban J connectivity index is 1.48. The number of ether oxygens (including phenoxy) is 1.